The zero-order valence-electron chi connectivity index (χ0n) is 13.8. The van der Waals surface area contributed by atoms with E-state index in [0.29, 0.717) is 6.54 Å². The molecule has 3 heteroatoms. The van der Waals surface area contributed by atoms with Crippen LogP contribution in [-0.4, -0.2) is 5.91 Å². The number of nitrogens with zero attached hydrogens (tertiary/aromatic N) is 1. The first-order valence-corrected chi connectivity index (χ1v) is 8.18. The summed E-state index contributed by atoms with van der Waals surface area (Å²) in [6.45, 7) is 2.43. The lowest BCUT2D eigenvalue weighted by atomic mass is 10.1. The lowest BCUT2D eigenvalue weighted by Crippen LogP contribution is -2.39. The maximum Gasteiger partial charge on any atom is 0.290 e. The first kappa shape index (κ1) is 15.9. The van der Waals surface area contributed by atoms with Crippen LogP contribution in [0.2, 0.25) is 0 Å². The van der Waals surface area contributed by atoms with Crippen molar-refractivity contribution in [3.05, 3.63) is 84.7 Å². The summed E-state index contributed by atoms with van der Waals surface area (Å²) in [6, 6.07) is 22.2. The van der Waals surface area contributed by atoms with Gasteiger partial charge in [-0.2, -0.15) is 4.57 Å². The van der Waals surface area contributed by atoms with Crippen LogP contribution in [0.15, 0.2) is 79.1 Å². The van der Waals surface area contributed by atoms with Gasteiger partial charge in [0.25, 0.3) is 5.91 Å². The zero-order valence-corrected chi connectivity index (χ0v) is 13.8. The molecular formula is C21H21N2O+. The fraction of sp³-hybridized carbons (Fsp3) is 0.143. The Labute approximate surface area is 142 Å². The van der Waals surface area contributed by atoms with E-state index >= 15 is 0 Å². The summed E-state index contributed by atoms with van der Waals surface area (Å²) < 4.78 is 1.88. The second-order valence-electron chi connectivity index (χ2n) is 5.72. The van der Waals surface area contributed by atoms with Crippen molar-refractivity contribution >= 4 is 11.6 Å². The molecule has 1 N–H and O–H groups in total. The minimum Gasteiger partial charge on any atom is -0.321 e. The number of carbonyl (C=O) groups is 1. The van der Waals surface area contributed by atoms with Gasteiger partial charge in [-0.3, -0.25) is 4.79 Å². The molecule has 1 amide bonds. The third kappa shape index (κ3) is 4.07. The number of aromatic nitrogens is 1. The van der Waals surface area contributed by atoms with Crippen LogP contribution in [0.1, 0.15) is 12.5 Å². The van der Waals surface area contributed by atoms with Crippen molar-refractivity contribution in [1.82, 2.24) is 0 Å². The monoisotopic (exact) mass is 317 g/mol. The molecule has 3 rings (SSSR count). The Kier molecular flexibility index (Phi) is 5.02. The van der Waals surface area contributed by atoms with E-state index in [1.54, 1.807) is 0 Å². The highest BCUT2D eigenvalue weighted by Gasteiger charge is 2.09. The lowest BCUT2D eigenvalue weighted by molar-refractivity contribution is -0.684. The number of amides is 1. The summed E-state index contributed by atoms with van der Waals surface area (Å²) in [7, 11) is 0. The van der Waals surface area contributed by atoms with Crippen LogP contribution >= 0.6 is 0 Å². The molecule has 120 valence electrons. The van der Waals surface area contributed by atoms with Gasteiger partial charge in [-0.1, -0.05) is 49.4 Å². The summed E-state index contributed by atoms with van der Waals surface area (Å²) in [5.74, 6) is -0.0308. The molecule has 0 bridgehead atoms. The maximum absolute atomic E-state index is 12.2. The zero-order chi connectivity index (χ0) is 16.8. The molecule has 3 nitrogen and oxygen atoms in total. The van der Waals surface area contributed by atoms with Gasteiger partial charge in [0.1, 0.15) is 0 Å². The summed E-state index contributed by atoms with van der Waals surface area (Å²) in [5, 5.41) is 2.94. The molecule has 24 heavy (non-hydrogen) atoms. The quantitative estimate of drug-likeness (QED) is 0.713. The summed E-state index contributed by atoms with van der Waals surface area (Å²) in [5.41, 5.74) is 4.38. The molecule has 0 aliphatic heterocycles. The lowest BCUT2D eigenvalue weighted by Gasteiger charge is -2.06. The molecule has 3 aromatic rings. The number of rotatable bonds is 5. The van der Waals surface area contributed by atoms with E-state index in [2.05, 4.69) is 24.4 Å². The van der Waals surface area contributed by atoms with Gasteiger partial charge in [0.15, 0.2) is 12.4 Å². The van der Waals surface area contributed by atoms with Crippen molar-refractivity contribution in [3.63, 3.8) is 0 Å². The van der Waals surface area contributed by atoms with Gasteiger partial charge in [0.2, 0.25) is 6.54 Å². The highest BCUT2D eigenvalue weighted by Crippen LogP contribution is 2.20. The Hall–Kier alpha value is -2.94. The second kappa shape index (κ2) is 7.55. The summed E-state index contributed by atoms with van der Waals surface area (Å²) in [4.78, 5) is 12.2. The van der Waals surface area contributed by atoms with Gasteiger partial charge in [0, 0.05) is 17.8 Å². The molecule has 2 aromatic carbocycles. The van der Waals surface area contributed by atoms with E-state index in [1.165, 1.54) is 11.1 Å². The summed E-state index contributed by atoms with van der Waals surface area (Å²) >= 11 is 0. The number of benzene rings is 2. The van der Waals surface area contributed by atoms with Crippen LogP contribution in [-0.2, 0) is 17.8 Å². The van der Waals surface area contributed by atoms with E-state index < -0.39 is 0 Å². The average molecular weight is 317 g/mol. The van der Waals surface area contributed by atoms with Crippen molar-refractivity contribution in [2.24, 2.45) is 0 Å². The third-order valence-corrected chi connectivity index (χ3v) is 3.97. The van der Waals surface area contributed by atoms with Crippen molar-refractivity contribution in [3.8, 4) is 11.1 Å². The topological polar surface area (TPSA) is 33.0 Å². The van der Waals surface area contributed by atoms with Crippen molar-refractivity contribution in [2.45, 2.75) is 19.9 Å². The largest absolute Gasteiger partial charge is 0.321 e. The number of pyridine rings is 1. The van der Waals surface area contributed by atoms with Crippen LogP contribution in [0.5, 0.6) is 0 Å². The number of hydrogen-bond donors (Lipinski definition) is 1. The van der Waals surface area contributed by atoms with Crippen LogP contribution in [0.3, 0.4) is 0 Å². The Bertz CT molecular complexity index is 794. The molecule has 0 atom stereocenters. The molecule has 0 aliphatic carbocycles. The van der Waals surface area contributed by atoms with E-state index in [-0.39, 0.29) is 5.91 Å². The van der Waals surface area contributed by atoms with Crippen molar-refractivity contribution in [1.29, 1.82) is 0 Å². The molecule has 1 heterocycles. The highest BCUT2D eigenvalue weighted by molar-refractivity contribution is 5.90. The smallest absolute Gasteiger partial charge is 0.290 e. The fourth-order valence-corrected chi connectivity index (χ4v) is 2.57. The first-order chi connectivity index (χ1) is 11.7. The Morgan fingerprint density at radius 2 is 1.50 bits per heavy atom. The van der Waals surface area contributed by atoms with E-state index in [0.717, 1.165) is 17.7 Å². The Morgan fingerprint density at radius 1 is 0.875 bits per heavy atom. The SMILES string of the molecule is CCc1cc[n+](CC(=O)Nc2ccc(-c3ccccc3)cc2)cc1. The molecule has 0 unspecified atom stereocenters. The van der Waals surface area contributed by atoms with Crippen LogP contribution in [0.25, 0.3) is 11.1 Å². The molecule has 1 aromatic heterocycles. The Morgan fingerprint density at radius 3 is 2.12 bits per heavy atom. The fourth-order valence-electron chi connectivity index (χ4n) is 2.57. The van der Waals surface area contributed by atoms with Gasteiger partial charge >= 0.3 is 0 Å². The third-order valence-electron chi connectivity index (χ3n) is 3.97. The predicted octanol–water partition coefficient (Wildman–Crippen LogP) is 3.84. The molecule has 0 fully saturated rings. The molecule has 0 spiro atoms. The number of hydrogen-bond acceptors (Lipinski definition) is 1. The van der Waals surface area contributed by atoms with E-state index in [4.69, 9.17) is 0 Å². The molecule has 0 saturated carbocycles. The van der Waals surface area contributed by atoms with Crippen LogP contribution in [0, 0.1) is 0 Å². The summed E-state index contributed by atoms with van der Waals surface area (Å²) in [6.07, 6.45) is 4.88. The second-order valence-corrected chi connectivity index (χ2v) is 5.72. The number of aryl methyl sites for hydroxylation is 1. The van der Waals surface area contributed by atoms with E-state index in [9.17, 15) is 4.79 Å². The Balaban J connectivity index is 1.62. The molecule has 0 saturated heterocycles. The maximum atomic E-state index is 12.2. The van der Waals surface area contributed by atoms with Crippen molar-refractivity contribution in [2.75, 3.05) is 5.32 Å². The first-order valence-electron chi connectivity index (χ1n) is 8.18. The predicted molar refractivity (Wildman–Crippen MR) is 96.5 cm³/mol. The minimum absolute atomic E-state index is 0.0308. The van der Waals surface area contributed by atoms with Gasteiger partial charge < -0.3 is 5.32 Å². The van der Waals surface area contributed by atoms with Gasteiger partial charge in [-0.15, -0.1) is 0 Å². The minimum atomic E-state index is -0.0308. The standard InChI is InChI=1S/C21H20N2O/c1-2-17-12-14-23(15-13-17)16-21(24)22-20-10-8-19(9-11-20)18-6-4-3-5-7-18/h3-15H,2,16H2,1H3/p+1. The van der Waals surface area contributed by atoms with Crippen LogP contribution in [0.4, 0.5) is 5.69 Å². The van der Waals surface area contributed by atoms with E-state index in [1.807, 2.05) is 71.6 Å². The van der Waals surface area contributed by atoms with Crippen LogP contribution < -0.4 is 9.88 Å². The molecular weight excluding hydrogens is 296 g/mol. The average Bonchev–Trinajstić information content (AvgIpc) is 2.64. The van der Waals surface area contributed by atoms with Gasteiger partial charge in [0.05, 0.1) is 0 Å². The number of carbonyl (C=O) groups excluding carboxylic acids is 1. The molecule has 0 radical (unpaired) electrons. The normalized spacial score (nSPS) is 10.4. The number of anilines is 1. The highest BCUT2D eigenvalue weighted by atomic mass is 16.1. The van der Waals surface area contributed by atoms with Gasteiger partial charge in [-0.05, 0) is 35.2 Å². The number of nitrogens with one attached hydrogen (secondary N) is 1. The van der Waals surface area contributed by atoms with Gasteiger partial charge in [-0.25, -0.2) is 0 Å². The van der Waals surface area contributed by atoms with Crippen molar-refractivity contribution < 1.29 is 9.36 Å². The molecule has 0 aliphatic rings.